The number of hydrogen-bond acceptors (Lipinski definition) is 3. The number of nitrogens with one attached hydrogen (secondary N) is 1. The van der Waals surface area contributed by atoms with Gasteiger partial charge in [0.1, 0.15) is 0 Å². The molecular formula is C15H21F3N2O. The van der Waals surface area contributed by atoms with E-state index < -0.39 is 11.7 Å². The quantitative estimate of drug-likeness (QED) is 0.925. The summed E-state index contributed by atoms with van der Waals surface area (Å²) in [4.78, 5) is 1.96. The van der Waals surface area contributed by atoms with Gasteiger partial charge in [0, 0.05) is 31.9 Å². The lowest BCUT2D eigenvalue weighted by atomic mass is 10.0. The molecule has 0 amide bonds. The summed E-state index contributed by atoms with van der Waals surface area (Å²) in [7, 11) is 0. The van der Waals surface area contributed by atoms with E-state index in [0.29, 0.717) is 37.6 Å². The van der Waals surface area contributed by atoms with Gasteiger partial charge < -0.3 is 15.0 Å². The first-order valence-electron chi connectivity index (χ1n) is 7.26. The van der Waals surface area contributed by atoms with Crippen molar-refractivity contribution in [2.24, 2.45) is 0 Å². The minimum Gasteiger partial charge on any atom is -0.380 e. The zero-order chi connectivity index (χ0) is 15.3. The summed E-state index contributed by atoms with van der Waals surface area (Å²) >= 11 is 0. The molecule has 1 N–H and O–H groups in total. The molecule has 0 radical (unpaired) electrons. The minimum atomic E-state index is -4.33. The van der Waals surface area contributed by atoms with Crippen LogP contribution in [0.5, 0.6) is 0 Å². The van der Waals surface area contributed by atoms with E-state index in [1.54, 1.807) is 12.1 Å². The first-order valence-corrected chi connectivity index (χ1v) is 7.26. The van der Waals surface area contributed by atoms with Gasteiger partial charge in [0.15, 0.2) is 0 Å². The Kier molecular flexibility index (Phi) is 5.47. The highest BCUT2D eigenvalue weighted by atomic mass is 19.4. The fraction of sp³-hybridized carbons (Fsp3) is 0.600. The second-order valence-corrected chi connectivity index (χ2v) is 5.07. The lowest BCUT2D eigenvalue weighted by Gasteiger charge is -2.24. The van der Waals surface area contributed by atoms with E-state index >= 15 is 0 Å². The van der Waals surface area contributed by atoms with Gasteiger partial charge in [-0.25, -0.2) is 0 Å². The third-order valence-electron chi connectivity index (χ3n) is 3.55. The maximum absolute atomic E-state index is 13.2. The Morgan fingerprint density at radius 2 is 2.05 bits per heavy atom. The lowest BCUT2D eigenvalue weighted by Crippen LogP contribution is -2.26. The maximum Gasteiger partial charge on any atom is 0.416 e. The Balaban J connectivity index is 2.27. The first kappa shape index (κ1) is 16.1. The number of halogens is 3. The molecule has 3 nitrogen and oxygen atoms in total. The van der Waals surface area contributed by atoms with Crippen LogP contribution in [0.2, 0.25) is 0 Å². The number of benzene rings is 1. The van der Waals surface area contributed by atoms with Crippen LogP contribution in [-0.4, -0.2) is 32.8 Å². The Labute approximate surface area is 123 Å². The van der Waals surface area contributed by atoms with E-state index in [0.717, 1.165) is 13.0 Å². The van der Waals surface area contributed by atoms with Crippen LogP contribution in [0.3, 0.4) is 0 Å². The topological polar surface area (TPSA) is 24.5 Å². The van der Waals surface area contributed by atoms with Crippen molar-refractivity contribution in [2.75, 3.05) is 37.7 Å². The van der Waals surface area contributed by atoms with Gasteiger partial charge in [-0.1, -0.05) is 13.0 Å². The molecule has 1 aromatic carbocycles. The number of anilines is 1. The Morgan fingerprint density at radius 3 is 2.76 bits per heavy atom. The van der Waals surface area contributed by atoms with Crippen LogP contribution in [0.4, 0.5) is 18.9 Å². The van der Waals surface area contributed by atoms with E-state index in [1.807, 2.05) is 11.8 Å². The number of ether oxygens (including phenoxy) is 1. The zero-order valence-electron chi connectivity index (χ0n) is 12.2. The molecule has 118 valence electrons. The molecular weight excluding hydrogens is 281 g/mol. The largest absolute Gasteiger partial charge is 0.416 e. The summed E-state index contributed by atoms with van der Waals surface area (Å²) in [6, 6.07) is 4.61. The van der Waals surface area contributed by atoms with Gasteiger partial charge in [-0.3, -0.25) is 0 Å². The summed E-state index contributed by atoms with van der Waals surface area (Å²) < 4.78 is 45.0. The Bertz CT molecular complexity index is 455. The number of rotatable bonds is 4. The van der Waals surface area contributed by atoms with Crippen molar-refractivity contribution in [3.05, 3.63) is 29.3 Å². The Hall–Kier alpha value is -1.27. The fourth-order valence-corrected chi connectivity index (χ4v) is 2.44. The number of alkyl halides is 3. The summed E-state index contributed by atoms with van der Waals surface area (Å²) in [5.74, 6) is 0. The standard InChI is InChI=1S/C15H21F3N2O/c1-2-19-11-12-4-5-13(10-14(12)15(16,17)18)20-6-3-8-21-9-7-20/h4-5,10,19H,2-3,6-9,11H2,1H3. The Morgan fingerprint density at radius 1 is 1.24 bits per heavy atom. The number of hydrogen-bond donors (Lipinski definition) is 1. The van der Waals surface area contributed by atoms with E-state index in [-0.39, 0.29) is 6.54 Å². The summed E-state index contributed by atoms with van der Waals surface area (Å²) in [6.07, 6.45) is -3.50. The van der Waals surface area contributed by atoms with Crippen molar-refractivity contribution in [1.29, 1.82) is 0 Å². The van der Waals surface area contributed by atoms with Crippen molar-refractivity contribution >= 4 is 5.69 Å². The summed E-state index contributed by atoms with van der Waals surface area (Å²) in [5, 5.41) is 2.95. The molecule has 0 aliphatic carbocycles. The minimum absolute atomic E-state index is 0.231. The average Bonchev–Trinajstić information content (AvgIpc) is 2.73. The van der Waals surface area contributed by atoms with Crippen molar-refractivity contribution in [2.45, 2.75) is 26.1 Å². The molecule has 1 heterocycles. The monoisotopic (exact) mass is 302 g/mol. The molecule has 0 bridgehead atoms. The van der Waals surface area contributed by atoms with Crippen LogP contribution < -0.4 is 10.2 Å². The second kappa shape index (κ2) is 7.13. The summed E-state index contributed by atoms with van der Waals surface area (Å²) in [6.45, 7) is 5.32. The highest BCUT2D eigenvalue weighted by Crippen LogP contribution is 2.34. The molecule has 21 heavy (non-hydrogen) atoms. The molecule has 1 saturated heterocycles. The molecule has 2 rings (SSSR count). The van der Waals surface area contributed by atoms with Gasteiger partial charge in [-0.15, -0.1) is 0 Å². The molecule has 1 aliphatic rings. The van der Waals surface area contributed by atoms with Gasteiger partial charge in [0.25, 0.3) is 0 Å². The average molecular weight is 302 g/mol. The van der Waals surface area contributed by atoms with Gasteiger partial charge in [-0.2, -0.15) is 13.2 Å². The molecule has 1 aromatic rings. The first-order chi connectivity index (χ1) is 10.0. The van der Waals surface area contributed by atoms with Crippen LogP contribution >= 0.6 is 0 Å². The molecule has 0 spiro atoms. The zero-order valence-corrected chi connectivity index (χ0v) is 12.2. The predicted octanol–water partition coefficient (Wildman–Crippen LogP) is 3.04. The van der Waals surface area contributed by atoms with Gasteiger partial charge >= 0.3 is 6.18 Å². The van der Waals surface area contributed by atoms with Crippen molar-refractivity contribution in [3.8, 4) is 0 Å². The molecule has 0 unspecified atom stereocenters. The molecule has 0 aromatic heterocycles. The number of nitrogens with zero attached hydrogens (tertiary/aromatic N) is 1. The highest BCUT2D eigenvalue weighted by molar-refractivity contribution is 5.52. The van der Waals surface area contributed by atoms with E-state index in [4.69, 9.17) is 4.74 Å². The van der Waals surface area contributed by atoms with E-state index in [1.165, 1.54) is 6.07 Å². The fourth-order valence-electron chi connectivity index (χ4n) is 2.44. The highest BCUT2D eigenvalue weighted by Gasteiger charge is 2.33. The lowest BCUT2D eigenvalue weighted by molar-refractivity contribution is -0.138. The third kappa shape index (κ3) is 4.35. The molecule has 0 atom stereocenters. The van der Waals surface area contributed by atoms with Crippen LogP contribution in [0.1, 0.15) is 24.5 Å². The smallest absolute Gasteiger partial charge is 0.380 e. The predicted molar refractivity (Wildman–Crippen MR) is 76.5 cm³/mol. The molecule has 1 aliphatic heterocycles. The van der Waals surface area contributed by atoms with Gasteiger partial charge in [-0.05, 0) is 30.7 Å². The van der Waals surface area contributed by atoms with Crippen LogP contribution in [0.25, 0.3) is 0 Å². The summed E-state index contributed by atoms with van der Waals surface area (Å²) in [5.41, 5.74) is 0.360. The maximum atomic E-state index is 13.2. The second-order valence-electron chi connectivity index (χ2n) is 5.07. The van der Waals surface area contributed by atoms with Gasteiger partial charge in [0.2, 0.25) is 0 Å². The molecule has 0 saturated carbocycles. The molecule has 6 heteroatoms. The van der Waals surface area contributed by atoms with Crippen LogP contribution in [0.15, 0.2) is 18.2 Å². The third-order valence-corrected chi connectivity index (χ3v) is 3.55. The van der Waals surface area contributed by atoms with Crippen LogP contribution in [0, 0.1) is 0 Å². The van der Waals surface area contributed by atoms with Crippen molar-refractivity contribution < 1.29 is 17.9 Å². The normalized spacial score (nSPS) is 16.9. The van der Waals surface area contributed by atoms with E-state index in [9.17, 15) is 13.2 Å². The van der Waals surface area contributed by atoms with Crippen molar-refractivity contribution in [3.63, 3.8) is 0 Å². The SMILES string of the molecule is CCNCc1ccc(N2CCCOCC2)cc1C(F)(F)F. The van der Waals surface area contributed by atoms with Crippen LogP contribution in [-0.2, 0) is 17.5 Å². The van der Waals surface area contributed by atoms with E-state index in [2.05, 4.69) is 5.32 Å². The van der Waals surface area contributed by atoms with Gasteiger partial charge in [0.05, 0.1) is 12.2 Å². The van der Waals surface area contributed by atoms with Crippen molar-refractivity contribution in [1.82, 2.24) is 5.32 Å². The molecule has 1 fully saturated rings.